The number of rotatable bonds is 3. The van der Waals surface area contributed by atoms with Crippen molar-refractivity contribution in [3.05, 3.63) is 47.7 Å². The first-order chi connectivity index (χ1) is 12.0. The summed E-state index contributed by atoms with van der Waals surface area (Å²) in [5.74, 6) is 0.652. The highest BCUT2D eigenvalue weighted by Gasteiger charge is 2.27. The third kappa shape index (κ3) is 3.73. The van der Waals surface area contributed by atoms with Crippen LogP contribution in [0.4, 0.5) is 5.69 Å². The Hall–Kier alpha value is -2.63. The van der Waals surface area contributed by atoms with Crippen molar-refractivity contribution in [1.29, 1.82) is 0 Å². The van der Waals surface area contributed by atoms with Gasteiger partial charge < -0.3 is 14.6 Å². The van der Waals surface area contributed by atoms with Crippen LogP contribution >= 0.6 is 0 Å². The Labute approximate surface area is 147 Å². The highest BCUT2D eigenvalue weighted by molar-refractivity contribution is 6.08. The standard InChI is InChI=1S/C19H23N3O3/c1-12-8-13(2)10-22(9-12)19(24)15-6-4-5-7-16(15)21-18(23)17-14(3)20-11-25-17/h4-7,11-13H,8-10H2,1-3H3,(H,21,23). The number of para-hydroxylation sites is 1. The number of anilines is 1. The van der Waals surface area contributed by atoms with E-state index in [1.54, 1.807) is 31.2 Å². The minimum absolute atomic E-state index is 0.0522. The molecule has 0 radical (unpaired) electrons. The normalized spacial score (nSPS) is 20.4. The molecule has 6 heteroatoms. The zero-order valence-electron chi connectivity index (χ0n) is 14.8. The van der Waals surface area contributed by atoms with Gasteiger partial charge in [0.25, 0.3) is 11.8 Å². The van der Waals surface area contributed by atoms with Crippen molar-refractivity contribution >= 4 is 17.5 Å². The second-order valence-corrected chi connectivity index (χ2v) is 6.92. The third-order valence-electron chi connectivity index (χ3n) is 4.51. The highest BCUT2D eigenvalue weighted by Crippen LogP contribution is 2.25. The zero-order valence-corrected chi connectivity index (χ0v) is 14.8. The Morgan fingerprint density at radius 3 is 2.52 bits per heavy atom. The number of carbonyl (C=O) groups is 2. The molecular formula is C19H23N3O3. The molecule has 1 aliphatic heterocycles. The summed E-state index contributed by atoms with van der Waals surface area (Å²) >= 11 is 0. The molecule has 0 saturated carbocycles. The van der Waals surface area contributed by atoms with Crippen LogP contribution in [0.15, 0.2) is 35.1 Å². The van der Waals surface area contributed by atoms with Crippen molar-refractivity contribution in [2.75, 3.05) is 18.4 Å². The monoisotopic (exact) mass is 341 g/mol. The number of likely N-dealkylation sites (tertiary alicyclic amines) is 1. The van der Waals surface area contributed by atoms with Crippen molar-refractivity contribution in [3.8, 4) is 0 Å². The van der Waals surface area contributed by atoms with Gasteiger partial charge in [-0.3, -0.25) is 9.59 Å². The van der Waals surface area contributed by atoms with E-state index in [4.69, 9.17) is 4.42 Å². The van der Waals surface area contributed by atoms with E-state index in [0.717, 1.165) is 19.5 Å². The molecule has 0 spiro atoms. The molecule has 3 rings (SSSR count). The summed E-state index contributed by atoms with van der Waals surface area (Å²) in [5, 5.41) is 2.78. The van der Waals surface area contributed by atoms with Gasteiger partial charge >= 0.3 is 0 Å². The number of benzene rings is 1. The van der Waals surface area contributed by atoms with Gasteiger partial charge in [-0.15, -0.1) is 0 Å². The van der Waals surface area contributed by atoms with Crippen molar-refractivity contribution in [1.82, 2.24) is 9.88 Å². The smallest absolute Gasteiger partial charge is 0.293 e. The molecule has 0 bridgehead atoms. The Kier molecular flexibility index (Phi) is 4.88. The number of amides is 2. The number of hydrogen-bond acceptors (Lipinski definition) is 4. The zero-order chi connectivity index (χ0) is 18.0. The minimum Gasteiger partial charge on any atom is -0.438 e. The van der Waals surface area contributed by atoms with E-state index in [-0.39, 0.29) is 11.7 Å². The van der Waals surface area contributed by atoms with E-state index >= 15 is 0 Å². The summed E-state index contributed by atoms with van der Waals surface area (Å²) in [6, 6.07) is 7.07. The second kappa shape index (κ2) is 7.09. The van der Waals surface area contributed by atoms with Gasteiger partial charge in [-0.25, -0.2) is 4.98 Å². The fraction of sp³-hybridized carbons (Fsp3) is 0.421. The predicted octanol–water partition coefficient (Wildman–Crippen LogP) is 3.35. The molecule has 1 aliphatic rings. The quantitative estimate of drug-likeness (QED) is 0.929. The number of hydrogen-bond donors (Lipinski definition) is 1. The fourth-order valence-corrected chi connectivity index (χ4v) is 3.48. The molecule has 6 nitrogen and oxygen atoms in total. The lowest BCUT2D eigenvalue weighted by atomic mass is 9.91. The number of nitrogens with one attached hydrogen (secondary N) is 1. The van der Waals surface area contributed by atoms with Gasteiger partial charge in [0, 0.05) is 13.1 Å². The van der Waals surface area contributed by atoms with Crippen molar-refractivity contribution < 1.29 is 14.0 Å². The molecule has 0 aliphatic carbocycles. The van der Waals surface area contributed by atoms with Crippen LogP contribution in [0.5, 0.6) is 0 Å². The minimum atomic E-state index is -0.407. The number of nitrogens with zero attached hydrogens (tertiary/aromatic N) is 2. The van der Waals surface area contributed by atoms with Crippen LogP contribution in [-0.4, -0.2) is 34.8 Å². The third-order valence-corrected chi connectivity index (χ3v) is 4.51. The van der Waals surface area contributed by atoms with Crippen LogP contribution in [0.3, 0.4) is 0 Å². The molecule has 1 fully saturated rings. The van der Waals surface area contributed by atoms with E-state index in [1.165, 1.54) is 6.39 Å². The predicted molar refractivity (Wildman–Crippen MR) is 94.5 cm³/mol. The molecule has 1 saturated heterocycles. The molecule has 2 heterocycles. The van der Waals surface area contributed by atoms with Crippen LogP contribution in [-0.2, 0) is 0 Å². The van der Waals surface area contributed by atoms with Crippen LogP contribution in [0.2, 0.25) is 0 Å². The fourth-order valence-electron chi connectivity index (χ4n) is 3.48. The summed E-state index contributed by atoms with van der Waals surface area (Å²) < 4.78 is 5.12. The Balaban J connectivity index is 1.82. The van der Waals surface area contributed by atoms with E-state index in [0.29, 0.717) is 28.8 Å². The van der Waals surface area contributed by atoms with Crippen LogP contribution in [0, 0.1) is 18.8 Å². The maximum atomic E-state index is 13.0. The van der Waals surface area contributed by atoms with E-state index in [9.17, 15) is 9.59 Å². The topological polar surface area (TPSA) is 75.4 Å². The van der Waals surface area contributed by atoms with Gasteiger partial charge in [0.05, 0.1) is 16.9 Å². The van der Waals surface area contributed by atoms with Gasteiger partial charge in [0.1, 0.15) is 0 Å². The first kappa shape index (κ1) is 17.2. The maximum Gasteiger partial charge on any atom is 0.293 e. The second-order valence-electron chi connectivity index (χ2n) is 6.92. The lowest BCUT2D eigenvalue weighted by molar-refractivity contribution is 0.0624. The largest absolute Gasteiger partial charge is 0.438 e. The Bertz CT molecular complexity index is 774. The van der Waals surface area contributed by atoms with Gasteiger partial charge in [-0.2, -0.15) is 0 Å². The van der Waals surface area contributed by atoms with Crippen LogP contribution in [0.25, 0.3) is 0 Å². The van der Waals surface area contributed by atoms with Gasteiger partial charge in [0.15, 0.2) is 6.39 Å². The van der Waals surface area contributed by atoms with Crippen LogP contribution in [0.1, 0.15) is 46.9 Å². The first-order valence-electron chi connectivity index (χ1n) is 8.55. The molecule has 1 aromatic carbocycles. The van der Waals surface area contributed by atoms with Gasteiger partial charge in [-0.05, 0) is 37.3 Å². The van der Waals surface area contributed by atoms with E-state index in [2.05, 4.69) is 24.1 Å². The van der Waals surface area contributed by atoms with E-state index in [1.807, 2.05) is 4.90 Å². The van der Waals surface area contributed by atoms with Crippen molar-refractivity contribution in [2.45, 2.75) is 27.2 Å². The number of piperidine rings is 1. The Morgan fingerprint density at radius 1 is 1.20 bits per heavy atom. The average Bonchev–Trinajstić information content (AvgIpc) is 3.00. The van der Waals surface area contributed by atoms with Crippen molar-refractivity contribution in [3.63, 3.8) is 0 Å². The Morgan fingerprint density at radius 2 is 1.88 bits per heavy atom. The molecule has 1 aromatic heterocycles. The summed E-state index contributed by atoms with van der Waals surface area (Å²) in [7, 11) is 0. The molecule has 2 unspecified atom stereocenters. The SMILES string of the molecule is Cc1ncoc1C(=O)Nc1ccccc1C(=O)N1CC(C)CC(C)C1. The molecule has 2 amide bonds. The maximum absolute atomic E-state index is 13.0. The van der Waals surface area contributed by atoms with Crippen LogP contribution < -0.4 is 5.32 Å². The summed E-state index contributed by atoms with van der Waals surface area (Å²) in [6.45, 7) is 7.51. The van der Waals surface area contributed by atoms with Gasteiger partial charge in [-0.1, -0.05) is 26.0 Å². The molecule has 25 heavy (non-hydrogen) atoms. The molecule has 2 atom stereocenters. The molecule has 1 N–H and O–H groups in total. The van der Waals surface area contributed by atoms with Gasteiger partial charge in [0.2, 0.25) is 5.76 Å². The summed E-state index contributed by atoms with van der Waals surface area (Å²) in [4.78, 5) is 31.2. The van der Waals surface area contributed by atoms with Crippen molar-refractivity contribution in [2.24, 2.45) is 11.8 Å². The average molecular weight is 341 g/mol. The lowest BCUT2D eigenvalue weighted by Gasteiger charge is -2.35. The highest BCUT2D eigenvalue weighted by atomic mass is 16.3. The number of oxazole rings is 1. The molecule has 132 valence electrons. The molecular weight excluding hydrogens is 318 g/mol. The number of aryl methyl sites for hydroxylation is 1. The number of aromatic nitrogens is 1. The molecule has 2 aromatic rings. The van der Waals surface area contributed by atoms with E-state index < -0.39 is 5.91 Å². The lowest BCUT2D eigenvalue weighted by Crippen LogP contribution is -2.42. The first-order valence-corrected chi connectivity index (χ1v) is 8.55. The summed E-state index contributed by atoms with van der Waals surface area (Å²) in [6.07, 6.45) is 2.37. The summed E-state index contributed by atoms with van der Waals surface area (Å²) in [5.41, 5.74) is 1.49. The number of carbonyl (C=O) groups excluding carboxylic acids is 2.